The summed E-state index contributed by atoms with van der Waals surface area (Å²) in [7, 11) is 0. The first-order valence-corrected chi connectivity index (χ1v) is 11.2. The van der Waals surface area contributed by atoms with Gasteiger partial charge in [0, 0.05) is 18.4 Å². The standard InChI is InChI=1S/C28H30N2O2/c1-3-27(24-9-5-4-6-10-24)28(31)30(21-26-12-8-18-32-26)20-25-11-7-17-29(25)19-23-15-13-22(2)14-16-23/h4-18,27H,3,19-21H2,1-2H3/t27-/m0/s1. The molecule has 0 N–H and O–H groups in total. The minimum Gasteiger partial charge on any atom is -0.467 e. The molecule has 4 heteroatoms. The molecule has 2 aromatic carbocycles. The molecule has 0 unspecified atom stereocenters. The van der Waals surface area contributed by atoms with Crippen molar-refractivity contribution in [2.75, 3.05) is 0 Å². The molecule has 0 radical (unpaired) electrons. The lowest BCUT2D eigenvalue weighted by Crippen LogP contribution is -2.34. The van der Waals surface area contributed by atoms with Crippen LogP contribution < -0.4 is 0 Å². The molecule has 1 atom stereocenters. The van der Waals surface area contributed by atoms with Gasteiger partial charge in [0.2, 0.25) is 5.91 Å². The number of aromatic nitrogens is 1. The van der Waals surface area contributed by atoms with E-state index in [-0.39, 0.29) is 11.8 Å². The molecule has 1 amide bonds. The van der Waals surface area contributed by atoms with Crippen LogP contribution in [0.5, 0.6) is 0 Å². The average Bonchev–Trinajstić information content (AvgIpc) is 3.48. The fourth-order valence-electron chi connectivity index (χ4n) is 4.09. The monoisotopic (exact) mass is 426 g/mol. The normalized spacial score (nSPS) is 11.9. The van der Waals surface area contributed by atoms with Gasteiger partial charge in [-0.1, -0.05) is 67.1 Å². The summed E-state index contributed by atoms with van der Waals surface area (Å²) < 4.78 is 7.81. The molecule has 0 aliphatic carbocycles. The number of carbonyl (C=O) groups excluding carboxylic acids is 1. The number of benzene rings is 2. The van der Waals surface area contributed by atoms with E-state index in [4.69, 9.17) is 4.42 Å². The lowest BCUT2D eigenvalue weighted by Gasteiger charge is -2.27. The fraction of sp³-hybridized carbons (Fsp3) is 0.250. The second kappa shape index (κ2) is 10.2. The van der Waals surface area contributed by atoms with Gasteiger partial charge >= 0.3 is 0 Å². The highest BCUT2D eigenvalue weighted by molar-refractivity contribution is 5.83. The van der Waals surface area contributed by atoms with Crippen LogP contribution in [-0.2, 0) is 24.4 Å². The number of hydrogen-bond donors (Lipinski definition) is 0. The Hall–Kier alpha value is -3.53. The Bertz CT molecular complexity index is 1110. The molecule has 0 fully saturated rings. The van der Waals surface area contributed by atoms with E-state index in [9.17, 15) is 4.79 Å². The first kappa shape index (κ1) is 21.7. The van der Waals surface area contributed by atoms with Gasteiger partial charge in [-0.05, 0) is 48.7 Å². The molecular weight excluding hydrogens is 396 g/mol. The van der Waals surface area contributed by atoms with Crippen molar-refractivity contribution in [3.05, 3.63) is 119 Å². The Morgan fingerprint density at radius 2 is 1.72 bits per heavy atom. The van der Waals surface area contributed by atoms with Crippen molar-refractivity contribution in [3.63, 3.8) is 0 Å². The molecule has 164 valence electrons. The first-order valence-electron chi connectivity index (χ1n) is 11.2. The highest BCUT2D eigenvalue weighted by atomic mass is 16.3. The first-order chi connectivity index (χ1) is 15.6. The lowest BCUT2D eigenvalue weighted by atomic mass is 9.95. The Balaban J connectivity index is 1.58. The number of rotatable bonds is 9. The van der Waals surface area contributed by atoms with Crippen LogP contribution in [0.2, 0.25) is 0 Å². The maximum Gasteiger partial charge on any atom is 0.230 e. The van der Waals surface area contributed by atoms with E-state index in [1.54, 1.807) is 6.26 Å². The summed E-state index contributed by atoms with van der Waals surface area (Å²) in [6.45, 7) is 5.93. The summed E-state index contributed by atoms with van der Waals surface area (Å²) in [4.78, 5) is 15.6. The van der Waals surface area contributed by atoms with Crippen LogP contribution in [0, 0.1) is 6.92 Å². The molecule has 2 heterocycles. The zero-order chi connectivity index (χ0) is 22.3. The Labute approximate surface area is 190 Å². The number of amides is 1. The second-order valence-corrected chi connectivity index (χ2v) is 8.26. The van der Waals surface area contributed by atoms with Gasteiger partial charge in [-0.25, -0.2) is 0 Å². The predicted molar refractivity (Wildman–Crippen MR) is 127 cm³/mol. The molecule has 0 spiro atoms. The van der Waals surface area contributed by atoms with Crippen molar-refractivity contribution in [2.45, 2.75) is 45.8 Å². The number of nitrogens with zero attached hydrogens (tertiary/aromatic N) is 2. The Kier molecular flexibility index (Phi) is 6.90. The summed E-state index contributed by atoms with van der Waals surface area (Å²) in [6, 6.07) is 26.6. The van der Waals surface area contributed by atoms with E-state index in [0.29, 0.717) is 13.1 Å². The van der Waals surface area contributed by atoms with Crippen molar-refractivity contribution in [2.24, 2.45) is 0 Å². The fourth-order valence-corrected chi connectivity index (χ4v) is 4.09. The van der Waals surface area contributed by atoms with Gasteiger partial charge in [0.15, 0.2) is 0 Å². The quantitative estimate of drug-likeness (QED) is 0.321. The van der Waals surface area contributed by atoms with Crippen LogP contribution in [0.25, 0.3) is 0 Å². The lowest BCUT2D eigenvalue weighted by molar-refractivity contribution is -0.134. The van der Waals surface area contributed by atoms with Crippen LogP contribution in [0.4, 0.5) is 0 Å². The topological polar surface area (TPSA) is 38.4 Å². The largest absolute Gasteiger partial charge is 0.467 e. The summed E-state index contributed by atoms with van der Waals surface area (Å²) in [5.74, 6) is 0.739. The van der Waals surface area contributed by atoms with Gasteiger partial charge in [-0.2, -0.15) is 0 Å². The highest BCUT2D eigenvalue weighted by Crippen LogP contribution is 2.25. The van der Waals surface area contributed by atoms with Gasteiger partial charge < -0.3 is 13.9 Å². The van der Waals surface area contributed by atoms with Crippen LogP contribution in [0.3, 0.4) is 0 Å². The summed E-state index contributed by atoms with van der Waals surface area (Å²) in [5, 5.41) is 0. The minimum absolute atomic E-state index is 0.123. The van der Waals surface area contributed by atoms with Crippen molar-refractivity contribution >= 4 is 5.91 Å². The van der Waals surface area contributed by atoms with Gasteiger partial charge in [-0.3, -0.25) is 4.79 Å². The summed E-state index contributed by atoms with van der Waals surface area (Å²) in [6.07, 6.45) is 4.49. The van der Waals surface area contributed by atoms with Gasteiger partial charge in [0.25, 0.3) is 0 Å². The maximum atomic E-state index is 13.7. The van der Waals surface area contributed by atoms with Crippen LogP contribution in [-0.4, -0.2) is 15.4 Å². The van der Waals surface area contributed by atoms with E-state index >= 15 is 0 Å². The molecular formula is C28H30N2O2. The number of aryl methyl sites for hydroxylation is 1. The molecule has 0 aliphatic heterocycles. The zero-order valence-electron chi connectivity index (χ0n) is 18.8. The van der Waals surface area contributed by atoms with Gasteiger partial charge in [0.1, 0.15) is 5.76 Å². The van der Waals surface area contributed by atoms with E-state index in [2.05, 4.69) is 54.9 Å². The molecule has 4 aromatic rings. The van der Waals surface area contributed by atoms with E-state index in [1.807, 2.05) is 53.4 Å². The average molecular weight is 427 g/mol. The third-order valence-electron chi connectivity index (χ3n) is 5.90. The van der Waals surface area contributed by atoms with Crippen molar-refractivity contribution in [1.82, 2.24) is 9.47 Å². The second-order valence-electron chi connectivity index (χ2n) is 8.26. The van der Waals surface area contributed by atoms with Crippen molar-refractivity contribution in [3.8, 4) is 0 Å². The zero-order valence-corrected chi connectivity index (χ0v) is 18.8. The number of furan rings is 1. The third kappa shape index (κ3) is 5.20. The maximum absolute atomic E-state index is 13.7. The molecule has 4 rings (SSSR count). The smallest absolute Gasteiger partial charge is 0.230 e. The molecule has 4 nitrogen and oxygen atoms in total. The number of hydrogen-bond acceptors (Lipinski definition) is 2. The summed E-state index contributed by atoms with van der Waals surface area (Å²) >= 11 is 0. The SMILES string of the molecule is CC[C@H](C(=O)N(Cc1ccco1)Cc1cccn1Cc1ccc(C)cc1)c1ccccc1. The Morgan fingerprint density at radius 1 is 0.938 bits per heavy atom. The minimum atomic E-state index is -0.174. The van der Waals surface area contributed by atoms with Crippen molar-refractivity contribution in [1.29, 1.82) is 0 Å². The van der Waals surface area contributed by atoms with Gasteiger partial charge in [0.05, 0.1) is 25.3 Å². The molecule has 2 aromatic heterocycles. The molecule has 0 bridgehead atoms. The van der Waals surface area contributed by atoms with Crippen LogP contribution in [0.1, 0.15) is 47.4 Å². The number of carbonyl (C=O) groups is 1. The summed E-state index contributed by atoms with van der Waals surface area (Å²) in [5.41, 5.74) is 4.66. The third-order valence-corrected chi connectivity index (χ3v) is 5.90. The van der Waals surface area contributed by atoms with E-state index in [1.165, 1.54) is 11.1 Å². The van der Waals surface area contributed by atoms with Crippen LogP contribution in [0.15, 0.2) is 95.7 Å². The predicted octanol–water partition coefficient (Wildman–Crippen LogP) is 6.16. The highest BCUT2D eigenvalue weighted by Gasteiger charge is 2.26. The van der Waals surface area contributed by atoms with Crippen molar-refractivity contribution < 1.29 is 9.21 Å². The molecule has 0 saturated carbocycles. The molecule has 0 aliphatic rings. The van der Waals surface area contributed by atoms with E-state index < -0.39 is 0 Å². The van der Waals surface area contributed by atoms with Gasteiger partial charge in [-0.15, -0.1) is 0 Å². The van der Waals surface area contributed by atoms with Crippen LogP contribution >= 0.6 is 0 Å². The molecule has 0 saturated heterocycles. The van der Waals surface area contributed by atoms with E-state index in [0.717, 1.165) is 30.0 Å². The Morgan fingerprint density at radius 3 is 2.41 bits per heavy atom. The molecule has 32 heavy (non-hydrogen) atoms.